The molecule has 1 aromatic heterocycles. The van der Waals surface area contributed by atoms with Crippen LogP contribution in [0.4, 0.5) is 8.78 Å². The number of aromatic nitrogens is 2. The third-order valence-electron chi connectivity index (χ3n) is 3.86. The predicted molar refractivity (Wildman–Crippen MR) is 83.0 cm³/mol. The summed E-state index contributed by atoms with van der Waals surface area (Å²) in [4.78, 5) is 14.1. The average molecular weight is 388 g/mol. The molecule has 0 spiro atoms. The predicted octanol–water partition coefficient (Wildman–Crippen LogP) is 2.95. The highest BCUT2D eigenvalue weighted by Crippen LogP contribution is 2.36. The molecular weight excluding hydrogens is 376 g/mol. The molecule has 1 amide bonds. The number of aromatic amines is 1. The van der Waals surface area contributed by atoms with Gasteiger partial charge in [0, 0.05) is 29.4 Å². The second-order valence-corrected chi connectivity index (χ2v) is 6.51. The van der Waals surface area contributed by atoms with Gasteiger partial charge in [-0.2, -0.15) is 0 Å². The molecule has 0 fully saturated rings. The van der Waals surface area contributed by atoms with Gasteiger partial charge in [0.05, 0.1) is 10.9 Å². The Morgan fingerprint density at radius 2 is 2.23 bits per heavy atom. The van der Waals surface area contributed by atoms with Crippen molar-refractivity contribution in [2.75, 3.05) is 0 Å². The van der Waals surface area contributed by atoms with Gasteiger partial charge in [-0.3, -0.25) is 4.79 Å². The minimum absolute atomic E-state index is 0.0299. The highest BCUT2D eigenvalue weighted by Gasteiger charge is 2.31. The van der Waals surface area contributed by atoms with E-state index in [1.54, 1.807) is 4.57 Å². The lowest BCUT2D eigenvalue weighted by Gasteiger charge is -2.13. The van der Waals surface area contributed by atoms with Crippen LogP contribution in [0.3, 0.4) is 0 Å². The number of fused-ring (bicyclic) bond motifs is 1. The molecule has 2 aromatic rings. The van der Waals surface area contributed by atoms with Gasteiger partial charge in [0.25, 0.3) is 0 Å². The second kappa shape index (κ2) is 5.58. The molecule has 116 valence electrons. The Kier molecular flexibility index (Phi) is 3.90. The van der Waals surface area contributed by atoms with Crippen LogP contribution in [0.15, 0.2) is 16.6 Å². The van der Waals surface area contributed by atoms with Crippen molar-refractivity contribution >= 4 is 34.1 Å². The van der Waals surface area contributed by atoms with Crippen molar-refractivity contribution in [2.45, 2.75) is 25.3 Å². The monoisotopic (exact) mass is 387 g/mol. The van der Waals surface area contributed by atoms with Crippen LogP contribution >= 0.6 is 28.1 Å². The summed E-state index contributed by atoms with van der Waals surface area (Å²) >= 11 is 8.28. The number of halogens is 3. The Balaban J connectivity index is 2.01. The standard InChI is InChI=1S/C14H12BrF2N3OS/c15-7-1-2-8(16)12(13(7)17)6-3-10-9(4-11(18)21)19-14(22)20(10)5-6/h1-2,6H,3-5H2,(H2,18,21)(H,19,22)/t6-/m0/s1. The lowest BCUT2D eigenvalue weighted by Crippen LogP contribution is -2.15. The summed E-state index contributed by atoms with van der Waals surface area (Å²) < 4.78 is 30.7. The minimum atomic E-state index is -0.595. The maximum Gasteiger partial charge on any atom is 0.223 e. The first-order valence-corrected chi connectivity index (χ1v) is 7.81. The number of imidazole rings is 1. The van der Waals surface area contributed by atoms with Gasteiger partial charge in [0.1, 0.15) is 11.6 Å². The van der Waals surface area contributed by atoms with E-state index >= 15 is 0 Å². The van der Waals surface area contributed by atoms with E-state index in [1.165, 1.54) is 12.1 Å². The number of nitrogens with two attached hydrogens (primary N) is 1. The van der Waals surface area contributed by atoms with E-state index in [2.05, 4.69) is 20.9 Å². The molecule has 22 heavy (non-hydrogen) atoms. The third-order valence-corrected chi connectivity index (χ3v) is 4.79. The molecule has 0 bridgehead atoms. The molecule has 1 aliphatic rings. The Morgan fingerprint density at radius 3 is 2.91 bits per heavy atom. The van der Waals surface area contributed by atoms with Crippen LogP contribution in [0.2, 0.25) is 0 Å². The van der Waals surface area contributed by atoms with Crippen LogP contribution in [0.5, 0.6) is 0 Å². The Hall–Kier alpha value is -1.54. The molecule has 1 aliphatic heterocycles. The first-order chi connectivity index (χ1) is 10.4. The smallest absolute Gasteiger partial charge is 0.223 e. The molecule has 4 nitrogen and oxygen atoms in total. The van der Waals surface area contributed by atoms with Gasteiger partial charge in [0.2, 0.25) is 5.91 Å². The van der Waals surface area contributed by atoms with E-state index in [4.69, 9.17) is 18.0 Å². The Bertz CT molecular complexity index is 830. The van der Waals surface area contributed by atoms with Gasteiger partial charge >= 0.3 is 0 Å². The number of primary amides is 1. The van der Waals surface area contributed by atoms with Gasteiger partial charge in [-0.05, 0) is 46.7 Å². The van der Waals surface area contributed by atoms with Crippen LogP contribution < -0.4 is 5.73 Å². The Morgan fingerprint density at radius 1 is 1.50 bits per heavy atom. The highest BCUT2D eigenvalue weighted by molar-refractivity contribution is 9.10. The van der Waals surface area contributed by atoms with Gasteiger partial charge in [-0.15, -0.1) is 0 Å². The van der Waals surface area contributed by atoms with Crippen molar-refractivity contribution < 1.29 is 13.6 Å². The molecule has 2 heterocycles. The second-order valence-electron chi connectivity index (χ2n) is 5.27. The number of carbonyl (C=O) groups excluding carboxylic acids is 1. The zero-order valence-electron chi connectivity index (χ0n) is 11.3. The largest absolute Gasteiger partial charge is 0.369 e. The van der Waals surface area contributed by atoms with Crippen molar-refractivity contribution in [1.82, 2.24) is 9.55 Å². The van der Waals surface area contributed by atoms with Crippen molar-refractivity contribution in [3.05, 3.63) is 50.0 Å². The lowest BCUT2D eigenvalue weighted by molar-refractivity contribution is -0.117. The molecule has 0 saturated heterocycles. The highest BCUT2D eigenvalue weighted by atomic mass is 79.9. The number of hydrogen-bond acceptors (Lipinski definition) is 2. The number of nitrogens with one attached hydrogen (secondary N) is 1. The molecule has 3 N–H and O–H groups in total. The molecule has 0 radical (unpaired) electrons. The zero-order valence-corrected chi connectivity index (χ0v) is 13.7. The first kappa shape index (κ1) is 15.4. The summed E-state index contributed by atoms with van der Waals surface area (Å²) in [5.74, 6) is -2.02. The lowest BCUT2D eigenvalue weighted by atomic mass is 9.95. The quantitative estimate of drug-likeness (QED) is 0.628. The number of nitrogens with zero attached hydrogens (tertiary/aromatic N) is 1. The summed E-state index contributed by atoms with van der Waals surface area (Å²) in [7, 11) is 0. The summed E-state index contributed by atoms with van der Waals surface area (Å²) in [6.07, 6.45) is 0.433. The normalized spacial score (nSPS) is 16.8. The number of carbonyl (C=O) groups is 1. The van der Waals surface area contributed by atoms with Crippen LogP contribution in [0.25, 0.3) is 0 Å². The van der Waals surface area contributed by atoms with Crippen LogP contribution in [0.1, 0.15) is 22.9 Å². The molecule has 8 heteroatoms. The number of H-pyrrole nitrogens is 1. The van der Waals surface area contributed by atoms with E-state index in [-0.39, 0.29) is 22.4 Å². The summed E-state index contributed by atoms with van der Waals surface area (Å²) in [6, 6.07) is 2.58. The number of benzene rings is 1. The fourth-order valence-corrected chi connectivity index (χ4v) is 3.58. The number of hydrogen-bond donors (Lipinski definition) is 2. The first-order valence-electron chi connectivity index (χ1n) is 6.60. The number of rotatable bonds is 3. The fourth-order valence-electron chi connectivity index (χ4n) is 2.93. The molecule has 3 rings (SSSR count). The fraction of sp³-hybridized carbons (Fsp3) is 0.286. The molecule has 1 atom stereocenters. The van der Waals surface area contributed by atoms with Crippen molar-refractivity contribution in [3.8, 4) is 0 Å². The van der Waals surface area contributed by atoms with Crippen LogP contribution in [0, 0.1) is 16.4 Å². The van der Waals surface area contributed by atoms with Gasteiger partial charge in [-0.25, -0.2) is 8.78 Å². The maximum atomic E-state index is 14.3. The van der Waals surface area contributed by atoms with Crippen LogP contribution in [-0.2, 0) is 24.2 Å². The minimum Gasteiger partial charge on any atom is -0.369 e. The topological polar surface area (TPSA) is 63.8 Å². The Labute approximate surface area is 138 Å². The van der Waals surface area contributed by atoms with E-state index in [0.29, 0.717) is 23.4 Å². The summed E-state index contributed by atoms with van der Waals surface area (Å²) in [5, 5.41) is 0. The molecule has 0 saturated carbocycles. The maximum absolute atomic E-state index is 14.3. The van der Waals surface area contributed by atoms with E-state index < -0.39 is 17.5 Å². The summed E-state index contributed by atoms with van der Waals surface area (Å²) in [5.41, 5.74) is 6.66. The van der Waals surface area contributed by atoms with Crippen molar-refractivity contribution in [3.63, 3.8) is 0 Å². The molecular formula is C14H12BrF2N3OS. The van der Waals surface area contributed by atoms with Gasteiger partial charge in [0.15, 0.2) is 4.77 Å². The van der Waals surface area contributed by atoms with E-state index in [9.17, 15) is 13.6 Å². The van der Waals surface area contributed by atoms with Gasteiger partial charge in [-0.1, -0.05) is 0 Å². The number of amides is 1. The van der Waals surface area contributed by atoms with E-state index in [0.717, 1.165) is 5.69 Å². The average Bonchev–Trinajstić information content (AvgIpc) is 2.97. The zero-order chi connectivity index (χ0) is 16.0. The van der Waals surface area contributed by atoms with Gasteiger partial charge < -0.3 is 15.3 Å². The van der Waals surface area contributed by atoms with Crippen molar-refractivity contribution in [1.29, 1.82) is 0 Å². The molecule has 0 aliphatic carbocycles. The third kappa shape index (κ3) is 2.50. The van der Waals surface area contributed by atoms with Crippen LogP contribution in [-0.4, -0.2) is 15.5 Å². The van der Waals surface area contributed by atoms with Crippen molar-refractivity contribution in [2.24, 2.45) is 5.73 Å². The SMILES string of the molecule is NC(=O)Cc1[nH]c(=S)n2c1C[C@H](c1c(F)ccc(Br)c1F)C2. The summed E-state index contributed by atoms with van der Waals surface area (Å²) in [6.45, 7) is 0.369. The van der Waals surface area contributed by atoms with E-state index in [1.807, 2.05) is 0 Å². The molecule has 1 aromatic carbocycles. The molecule has 0 unspecified atom stereocenters.